The molecule has 0 aliphatic heterocycles. The van der Waals surface area contributed by atoms with Gasteiger partial charge in [-0.3, -0.25) is 4.98 Å². The van der Waals surface area contributed by atoms with Gasteiger partial charge in [-0.1, -0.05) is 11.6 Å². The largest absolute Gasteiger partial charge is 0.457 e. The van der Waals surface area contributed by atoms with Crippen LogP contribution in [-0.4, -0.2) is 4.98 Å². The van der Waals surface area contributed by atoms with Crippen LogP contribution in [0.1, 0.15) is 5.56 Å². The number of alkyl halides is 3. The molecular weight excluding hydrogens is 315 g/mol. The fraction of sp³-hybridized carbons (Fsp3) is 0.0625. The van der Waals surface area contributed by atoms with Gasteiger partial charge in [-0.05, 0) is 48.5 Å². The van der Waals surface area contributed by atoms with Crippen LogP contribution in [0.25, 0.3) is 10.9 Å². The van der Waals surface area contributed by atoms with Gasteiger partial charge in [0.1, 0.15) is 11.5 Å². The Morgan fingerprint density at radius 1 is 0.955 bits per heavy atom. The highest BCUT2D eigenvalue weighted by Gasteiger charge is 2.30. The lowest BCUT2D eigenvalue weighted by Gasteiger charge is -2.11. The molecule has 2 nitrogen and oxygen atoms in total. The summed E-state index contributed by atoms with van der Waals surface area (Å²) in [4.78, 5) is 4.05. The zero-order chi connectivity index (χ0) is 15.7. The van der Waals surface area contributed by atoms with Crippen molar-refractivity contribution >= 4 is 22.5 Å². The van der Waals surface area contributed by atoms with E-state index in [2.05, 4.69) is 4.98 Å². The Bertz CT molecular complexity index is 816. The summed E-state index contributed by atoms with van der Waals surface area (Å²) in [7, 11) is 0. The summed E-state index contributed by atoms with van der Waals surface area (Å²) in [6.07, 6.45) is -2.93. The molecule has 6 heteroatoms. The number of aromatic nitrogens is 1. The van der Waals surface area contributed by atoms with E-state index in [1.54, 1.807) is 24.3 Å². The van der Waals surface area contributed by atoms with Crippen LogP contribution in [0.4, 0.5) is 13.2 Å². The van der Waals surface area contributed by atoms with Crippen molar-refractivity contribution in [2.75, 3.05) is 0 Å². The molecule has 1 heterocycles. The first-order valence-corrected chi connectivity index (χ1v) is 6.71. The van der Waals surface area contributed by atoms with Crippen LogP contribution in [0.5, 0.6) is 11.5 Å². The fourth-order valence-electron chi connectivity index (χ4n) is 2.02. The number of pyridine rings is 1. The lowest BCUT2D eigenvalue weighted by atomic mass is 10.1. The maximum absolute atomic E-state index is 12.8. The topological polar surface area (TPSA) is 22.1 Å². The molecule has 0 fully saturated rings. The Labute approximate surface area is 129 Å². The van der Waals surface area contributed by atoms with E-state index in [1.165, 1.54) is 18.3 Å². The average Bonchev–Trinajstić information content (AvgIpc) is 2.48. The highest BCUT2D eigenvalue weighted by atomic mass is 35.5. The molecule has 0 unspecified atom stereocenters. The normalized spacial score (nSPS) is 11.6. The van der Waals surface area contributed by atoms with Crippen LogP contribution in [0.15, 0.2) is 54.7 Å². The van der Waals surface area contributed by atoms with Gasteiger partial charge in [-0.15, -0.1) is 0 Å². The smallest absolute Gasteiger partial charge is 0.416 e. The number of fused-ring (bicyclic) bond motifs is 1. The molecule has 0 aliphatic carbocycles. The SMILES string of the molecule is FC(F)(F)c1ccc2nccc(Oc3ccc(Cl)cc3)c2c1. The Balaban J connectivity index is 2.06. The summed E-state index contributed by atoms with van der Waals surface area (Å²) in [6.45, 7) is 0. The van der Waals surface area contributed by atoms with Crippen LogP contribution in [0.3, 0.4) is 0 Å². The van der Waals surface area contributed by atoms with E-state index in [9.17, 15) is 13.2 Å². The van der Waals surface area contributed by atoms with Gasteiger partial charge < -0.3 is 4.74 Å². The van der Waals surface area contributed by atoms with Crippen LogP contribution in [0, 0.1) is 0 Å². The summed E-state index contributed by atoms with van der Waals surface area (Å²) in [6, 6.07) is 11.5. The Hall–Kier alpha value is -2.27. The first-order chi connectivity index (χ1) is 10.4. The van der Waals surface area contributed by atoms with Crippen molar-refractivity contribution < 1.29 is 17.9 Å². The van der Waals surface area contributed by atoms with E-state index in [-0.39, 0.29) is 0 Å². The minimum atomic E-state index is -4.42. The predicted octanol–water partition coefficient (Wildman–Crippen LogP) is 5.70. The molecule has 3 rings (SSSR count). The molecule has 3 aromatic rings. The lowest BCUT2D eigenvalue weighted by Crippen LogP contribution is -2.04. The second kappa shape index (κ2) is 5.50. The number of halogens is 4. The van der Waals surface area contributed by atoms with Crippen LogP contribution in [0.2, 0.25) is 5.02 Å². The molecule has 0 aliphatic rings. The van der Waals surface area contributed by atoms with E-state index < -0.39 is 11.7 Å². The van der Waals surface area contributed by atoms with E-state index >= 15 is 0 Å². The van der Waals surface area contributed by atoms with Gasteiger partial charge in [0.05, 0.1) is 11.1 Å². The van der Waals surface area contributed by atoms with Crippen molar-refractivity contribution in [2.24, 2.45) is 0 Å². The molecule has 112 valence electrons. The second-order valence-electron chi connectivity index (χ2n) is 4.59. The minimum absolute atomic E-state index is 0.298. The zero-order valence-corrected chi connectivity index (χ0v) is 11.8. The first-order valence-electron chi connectivity index (χ1n) is 6.33. The molecule has 0 radical (unpaired) electrons. The molecule has 0 N–H and O–H groups in total. The summed E-state index contributed by atoms with van der Waals surface area (Å²) in [5.41, 5.74) is -0.312. The average molecular weight is 324 g/mol. The van der Waals surface area contributed by atoms with Crippen LogP contribution < -0.4 is 4.74 Å². The highest BCUT2D eigenvalue weighted by Crippen LogP contribution is 2.35. The summed E-state index contributed by atoms with van der Waals surface area (Å²) >= 11 is 5.79. The molecule has 0 saturated carbocycles. The predicted molar refractivity (Wildman–Crippen MR) is 78.3 cm³/mol. The Kier molecular flexibility index (Phi) is 3.66. The molecule has 0 bridgehead atoms. The second-order valence-corrected chi connectivity index (χ2v) is 5.03. The Morgan fingerprint density at radius 3 is 2.36 bits per heavy atom. The monoisotopic (exact) mass is 323 g/mol. The third-order valence-corrected chi connectivity index (χ3v) is 3.32. The molecule has 2 aromatic carbocycles. The third-order valence-electron chi connectivity index (χ3n) is 3.07. The number of nitrogens with zero attached hydrogens (tertiary/aromatic N) is 1. The van der Waals surface area contributed by atoms with Crippen molar-refractivity contribution in [1.29, 1.82) is 0 Å². The fourth-order valence-corrected chi connectivity index (χ4v) is 2.14. The summed E-state index contributed by atoms with van der Waals surface area (Å²) < 4.78 is 44.2. The van der Waals surface area contributed by atoms with Crippen molar-refractivity contribution in [3.63, 3.8) is 0 Å². The zero-order valence-electron chi connectivity index (χ0n) is 11.1. The summed E-state index contributed by atoms with van der Waals surface area (Å²) in [5, 5.41) is 0.846. The van der Waals surface area contributed by atoms with Gasteiger partial charge in [-0.2, -0.15) is 13.2 Å². The molecule has 0 spiro atoms. The van der Waals surface area contributed by atoms with Crippen molar-refractivity contribution in [2.45, 2.75) is 6.18 Å². The molecule has 0 saturated heterocycles. The summed E-state index contributed by atoms with van der Waals surface area (Å²) in [5.74, 6) is 0.785. The standard InChI is InChI=1S/C16H9ClF3NO/c17-11-2-4-12(5-3-11)22-15-7-8-21-14-6-1-10(9-13(14)15)16(18,19)20/h1-9H. The molecule has 1 aromatic heterocycles. The first kappa shape index (κ1) is 14.7. The van der Waals surface area contributed by atoms with Crippen LogP contribution >= 0.6 is 11.6 Å². The van der Waals surface area contributed by atoms with Gasteiger partial charge >= 0.3 is 6.18 Å². The van der Waals surface area contributed by atoms with Gasteiger partial charge in [-0.25, -0.2) is 0 Å². The molecule has 22 heavy (non-hydrogen) atoms. The van der Waals surface area contributed by atoms with Gasteiger partial charge in [0, 0.05) is 16.6 Å². The van der Waals surface area contributed by atoms with Gasteiger partial charge in [0.25, 0.3) is 0 Å². The minimum Gasteiger partial charge on any atom is -0.457 e. The number of benzene rings is 2. The van der Waals surface area contributed by atoms with E-state index in [0.29, 0.717) is 27.4 Å². The maximum atomic E-state index is 12.8. The van der Waals surface area contributed by atoms with Gasteiger partial charge in [0.2, 0.25) is 0 Å². The number of hydrogen-bond acceptors (Lipinski definition) is 2. The highest BCUT2D eigenvalue weighted by molar-refractivity contribution is 6.30. The molecule has 0 atom stereocenters. The quantitative estimate of drug-likeness (QED) is 0.603. The van der Waals surface area contributed by atoms with E-state index in [1.807, 2.05) is 0 Å². The maximum Gasteiger partial charge on any atom is 0.416 e. The van der Waals surface area contributed by atoms with E-state index in [0.717, 1.165) is 12.1 Å². The van der Waals surface area contributed by atoms with Crippen LogP contribution in [-0.2, 0) is 6.18 Å². The molecular formula is C16H9ClF3NO. The van der Waals surface area contributed by atoms with Crippen molar-refractivity contribution in [1.82, 2.24) is 4.98 Å². The number of ether oxygens (including phenoxy) is 1. The Morgan fingerprint density at radius 2 is 1.68 bits per heavy atom. The number of rotatable bonds is 2. The molecule has 0 amide bonds. The van der Waals surface area contributed by atoms with Gasteiger partial charge in [0.15, 0.2) is 0 Å². The van der Waals surface area contributed by atoms with Crippen molar-refractivity contribution in [3.8, 4) is 11.5 Å². The number of hydrogen-bond donors (Lipinski definition) is 0. The lowest BCUT2D eigenvalue weighted by molar-refractivity contribution is -0.137. The third kappa shape index (κ3) is 2.99. The van der Waals surface area contributed by atoms with Crippen molar-refractivity contribution in [3.05, 3.63) is 65.3 Å². The van der Waals surface area contributed by atoms with E-state index in [4.69, 9.17) is 16.3 Å².